The molecule has 3 N–H and O–H groups in total. The van der Waals surface area contributed by atoms with Gasteiger partial charge >= 0.3 is 6.03 Å². The summed E-state index contributed by atoms with van der Waals surface area (Å²) in [4.78, 5) is 36.2. The fourth-order valence-corrected chi connectivity index (χ4v) is 5.29. The van der Waals surface area contributed by atoms with Crippen molar-refractivity contribution < 1.29 is 14.7 Å². The van der Waals surface area contributed by atoms with Gasteiger partial charge in [-0.2, -0.15) is 0 Å². The molecular formula is C27H37N5O3. The van der Waals surface area contributed by atoms with Gasteiger partial charge in [0.1, 0.15) is 5.78 Å². The first-order valence-corrected chi connectivity index (χ1v) is 12.7. The molecular weight excluding hydrogens is 442 g/mol. The molecule has 1 aromatic carbocycles. The number of rotatable bonds is 6. The van der Waals surface area contributed by atoms with Crippen LogP contribution >= 0.6 is 0 Å². The lowest BCUT2D eigenvalue weighted by atomic mass is 9.87. The Kier molecular flexibility index (Phi) is 7.69. The van der Waals surface area contributed by atoms with Crippen LogP contribution in [0.4, 0.5) is 10.7 Å². The highest BCUT2D eigenvalue weighted by Gasteiger charge is 2.42. The summed E-state index contributed by atoms with van der Waals surface area (Å²) < 4.78 is 0. The molecule has 1 unspecified atom stereocenters. The van der Waals surface area contributed by atoms with E-state index in [0.717, 1.165) is 55.3 Å². The number of anilines is 1. The van der Waals surface area contributed by atoms with Gasteiger partial charge in [-0.3, -0.25) is 4.79 Å². The van der Waals surface area contributed by atoms with Crippen LogP contribution in [0.15, 0.2) is 36.5 Å². The highest BCUT2D eigenvalue weighted by atomic mass is 16.3. The van der Waals surface area contributed by atoms with Gasteiger partial charge in [-0.25, -0.2) is 14.8 Å². The first-order valence-electron chi connectivity index (χ1n) is 12.7. The molecule has 4 rings (SSSR count). The number of carbonyl (C=O) groups is 2. The lowest BCUT2D eigenvalue weighted by molar-refractivity contribution is -0.121. The highest BCUT2D eigenvalue weighted by molar-refractivity contribution is 5.78. The van der Waals surface area contributed by atoms with E-state index in [1.54, 1.807) is 11.8 Å². The number of urea groups is 1. The average Bonchev–Trinajstić information content (AvgIpc) is 3.09. The number of aliphatic hydroxyl groups is 1. The number of fused-ring (bicyclic) bond motifs is 1. The summed E-state index contributed by atoms with van der Waals surface area (Å²) in [7, 11) is 0. The van der Waals surface area contributed by atoms with Gasteiger partial charge in [0, 0.05) is 23.7 Å². The molecule has 1 saturated carbocycles. The van der Waals surface area contributed by atoms with Crippen LogP contribution in [-0.2, 0) is 16.9 Å². The van der Waals surface area contributed by atoms with E-state index in [2.05, 4.69) is 15.6 Å². The number of carbonyl (C=O) groups excluding carboxylic acids is 2. The number of hydrogen-bond acceptors (Lipinski definition) is 6. The predicted molar refractivity (Wildman–Crippen MR) is 135 cm³/mol. The molecule has 188 valence electrons. The summed E-state index contributed by atoms with van der Waals surface area (Å²) in [6.07, 6.45) is 7.82. The molecule has 8 heteroatoms. The Morgan fingerprint density at radius 1 is 1.14 bits per heavy atom. The van der Waals surface area contributed by atoms with Crippen LogP contribution in [0.5, 0.6) is 0 Å². The van der Waals surface area contributed by atoms with Crippen LogP contribution in [0.1, 0.15) is 82.2 Å². The fraction of sp³-hybridized carbons (Fsp3) is 0.556. The smallest absolute Gasteiger partial charge is 0.319 e. The summed E-state index contributed by atoms with van der Waals surface area (Å²) >= 11 is 0. The van der Waals surface area contributed by atoms with E-state index in [0.29, 0.717) is 12.5 Å². The minimum Gasteiger partial charge on any atom is -0.394 e. The van der Waals surface area contributed by atoms with Crippen LogP contribution in [-0.4, -0.2) is 44.4 Å². The summed E-state index contributed by atoms with van der Waals surface area (Å²) in [5.41, 5.74) is 2.03. The van der Waals surface area contributed by atoms with Crippen molar-refractivity contribution in [1.29, 1.82) is 0 Å². The van der Waals surface area contributed by atoms with Crippen LogP contribution in [0.2, 0.25) is 0 Å². The van der Waals surface area contributed by atoms with Crippen LogP contribution in [0.3, 0.4) is 0 Å². The van der Waals surface area contributed by atoms with Crippen molar-refractivity contribution in [3.8, 4) is 0 Å². The monoisotopic (exact) mass is 479 g/mol. The molecule has 0 radical (unpaired) electrons. The van der Waals surface area contributed by atoms with Crippen LogP contribution < -0.4 is 10.6 Å². The third-order valence-corrected chi connectivity index (χ3v) is 7.56. The van der Waals surface area contributed by atoms with Crippen LogP contribution in [0, 0.1) is 5.92 Å². The molecule has 0 bridgehead atoms. The van der Waals surface area contributed by atoms with Gasteiger partial charge in [-0.15, -0.1) is 0 Å². The van der Waals surface area contributed by atoms with Gasteiger partial charge in [-0.1, -0.05) is 43.2 Å². The maximum Gasteiger partial charge on any atom is 0.319 e. The van der Waals surface area contributed by atoms with Gasteiger partial charge in [0.25, 0.3) is 0 Å². The largest absolute Gasteiger partial charge is 0.394 e. The number of aliphatic hydroxyl groups excluding tert-OH is 1. The normalized spacial score (nSPS) is 22.5. The Bertz CT molecular complexity index is 1040. The molecule has 35 heavy (non-hydrogen) atoms. The topological polar surface area (TPSA) is 107 Å². The zero-order valence-corrected chi connectivity index (χ0v) is 21.0. The molecule has 2 amide bonds. The van der Waals surface area contributed by atoms with Gasteiger partial charge in [-0.05, 0) is 52.0 Å². The maximum atomic E-state index is 13.2. The van der Waals surface area contributed by atoms with E-state index in [1.165, 1.54) is 0 Å². The quantitative estimate of drug-likeness (QED) is 0.570. The molecule has 0 saturated heterocycles. The summed E-state index contributed by atoms with van der Waals surface area (Å²) in [6, 6.07) is 8.97. The average molecular weight is 480 g/mol. The maximum absolute atomic E-state index is 13.2. The van der Waals surface area contributed by atoms with E-state index in [9.17, 15) is 14.7 Å². The van der Waals surface area contributed by atoms with Crippen molar-refractivity contribution in [2.45, 2.75) is 83.5 Å². The molecule has 1 aliphatic heterocycles. The number of Topliss-reactive ketones (excluding diaryl/α,β-unsaturated/α-hetero) is 1. The third-order valence-electron chi connectivity index (χ3n) is 7.56. The summed E-state index contributed by atoms with van der Waals surface area (Å²) in [5.74, 6) is 1.02. The lowest BCUT2D eigenvalue weighted by Crippen LogP contribution is -2.47. The SMILES string of the molecule is CC(=O)C1CCCC[C@@H](Nc2ncc3c(n2)CN(C(=O)N[C@H](CO)c2ccccc2)C3(C)C)CC1. The minimum absolute atomic E-state index is 0.159. The second-order valence-corrected chi connectivity index (χ2v) is 10.3. The standard InChI is InChI=1S/C27H37N5O3/c1-18(34)19-9-7-8-12-21(14-13-19)29-25-28-15-22-23(30-25)16-32(27(22,2)3)26(35)31-24(17-33)20-10-5-4-6-11-20/h4-6,10-11,15,19,21,24,33H,7-9,12-14,16-17H2,1-3H3,(H,31,35)(H,28,29,30)/t19?,21-,24-/m1/s1. The molecule has 1 fully saturated rings. The number of aromatic nitrogens is 2. The molecule has 2 aromatic rings. The van der Waals surface area contributed by atoms with Crippen molar-refractivity contribution in [2.24, 2.45) is 5.92 Å². The number of nitrogens with one attached hydrogen (secondary N) is 2. The first-order chi connectivity index (χ1) is 16.8. The Labute approximate surface area is 207 Å². The number of nitrogens with zero attached hydrogens (tertiary/aromatic N) is 3. The Morgan fingerprint density at radius 2 is 1.89 bits per heavy atom. The second kappa shape index (κ2) is 10.7. The number of benzene rings is 1. The fourth-order valence-electron chi connectivity index (χ4n) is 5.29. The zero-order chi connectivity index (χ0) is 25.0. The van der Waals surface area contributed by atoms with Crippen molar-refractivity contribution in [2.75, 3.05) is 11.9 Å². The van der Waals surface area contributed by atoms with E-state index in [4.69, 9.17) is 4.98 Å². The third kappa shape index (κ3) is 5.64. The Morgan fingerprint density at radius 3 is 2.60 bits per heavy atom. The van der Waals surface area contributed by atoms with Gasteiger partial charge in [0.2, 0.25) is 5.95 Å². The van der Waals surface area contributed by atoms with E-state index in [1.807, 2.05) is 50.4 Å². The molecule has 0 spiro atoms. The van der Waals surface area contributed by atoms with E-state index < -0.39 is 11.6 Å². The van der Waals surface area contributed by atoms with Gasteiger partial charge in [0.05, 0.1) is 30.4 Å². The number of ketones is 1. The number of amides is 2. The van der Waals surface area contributed by atoms with Crippen molar-refractivity contribution in [1.82, 2.24) is 20.2 Å². The predicted octanol–water partition coefficient (Wildman–Crippen LogP) is 4.31. The minimum atomic E-state index is -0.580. The summed E-state index contributed by atoms with van der Waals surface area (Å²) in [6.45, 7) is 5.86. The van der Waals surface area contributed by atoms with Gasteiger partial charge < -0.3 is 20.6 Å². The molecule has 2 aliphatic rings. The van der Waals surface area contributed by atoms with Crippen LogP contribution in [0.25, 0.3) is 0 Å². The summed E-state index contributed by atoms with van der Waals surface area (Å²) in [5, 5.41) is 16.3. The van der Waals surface area contributed by atoms with Crippen molar-refractivity contribution >= 4 is 17.8 Å². The second-order valence-electron chi connectivity index (χ2n) is 10.3. The molecule has 2 heterocycles. The lowest BCUT2D eigenvalue weighted by Gasteiger charge is -2.33. The van der Waals surface area contributed by atoms with Crippen molar-refractivity contribution in [3.05, 3.63) is 53.3 Å². The molecule has 3 atom stereocenters. The zero-order valence-electron chi connectivity index (χ0n) is 21.0. The van der Waals surface area contributed by atoms with E-state index in [-0.39, 0.29) is 30.4 Å². The Hall–Kier alpha value is -3.00. The first kappa shape index (κ1) is 25.1. The van der Waals surface area contributed by atoms with Crippen molar-refractivity contribution in [3.63, 3.8) is 0 Å². The van der Waals surface area contributed by atoms with E-state index >= 15 is 0 Å². The molecule has 1 aromatic heterocycles. The van der Waals surface area contributed by atoms with Gasteiger partial charge in [0.15, 0.2) is 0 Å². The molecule has 1 aliphatic carbocycles. The highest BCUT2D eigenvalue weighted by Crippen LogP contribution is 2.38. The molecule has 8 nitrogen and oxygen atoms in total. The number of hydrogen-bond donors (Lipinski definition) is 3. The Balaban J connectivity index is 1.44.